The van der Waals surface area contributed by atoms with Crippen molar-refractivity contribution >= 4 is 20.0 Å². The first-order valence-electron chi connectivity index (χ1n) is 12.6. The van der Waals surface area contributed by atoms with E-state index in [1.807, 2.05) is 0 Å². The Bertz CT molecular complexity index is 1640. The second-order valence-corrected chi connectivity index (χ2v) is 14.5. The van der Waals surface area contributed by atoms with Crippen molar-refractivity contribution in [2.24, 2.45) is 11.7 Å². The van der Waals surface area contributed by atoms with E-state index in [1.165, 1.54) is 12.4 Å². The summed E-state index contributed by atoms with van der Waals surface area (Å²) in [6.45, 7) is 2.35. The normalized spacial score (nSPS) is 25.8. The van der Waals surface area contributed by atoms with Crippen molar-refractivity contribution in [1.29, 1.82) is 0 Å². The van der Waals surface area contributed by atoms with E-state index in [2.05, 4.69) is 20.0 Å². The van der Waals surface area contributed by atoms with Gasteiger partial charge in [-0.25, -0.2) is 25.6 Å². The zero-order chi connectivity index (χ0) is 28.6. The van der Waals surface area contributed by atoms with Gasteiger partial charge >= 0.3 is 0 Å². The molecule has 3 aromatic rings. The smallest absolute Gasteiger partial charge is 0.250 e. The monoisotopic (exact) mass is 597 g/mol. The molecule has 5 heterocycles. The quantitative estimate of drug-likeness (QED) is 0.424. The molecule has 0 amide bonds. The fourth-order valence-corrected chi connectivity index (χ4v) is 7.05. The average molecular weight is 598 g/mol. The molecule has 16 heteroatoms. The molecule has 216 valence electrons. The van der Waals surface area contributed by atoms with Crippen molar-refractivity contribution < 1.29 is 30.4 Å². The van der Waals surface area contributed by atoms with E-state index in [0.29, 0.717) is 44.1 Å². The van der Waals surface area contributed by atoms with Crippen LogP contribution in [-0.4, -0.2) is 82.8 Å². The first kappa shape index (κ1) is 27.4. The molecule has 40 heavy (non-hydrogen) atoms. The largest absolute Gasteiger partial charge is 0.370 e. The Balaban J connectivity index is 1.26. The molecule has 0 bridgehead atoms. The van der Waals surface area contributed by atoms with Crippen LogP contribution >= 0.6 is 0 Å². The van der Waals surface area contributed by atoms with Crippen molar-refractivity contribution in [3.63, 3.8) is 0 Å². The summed E-state index contributed by atoms with van der Waals surface area (Å²) >= 11 is 0. The highest BCUT2D eigenvalue weighted by atomic mass is 32.2. The number of aromatic nitrogens is 4. The molecule has 1 aromatic carbocycles. The molecule has 1 unspecified atom stereocenters. The highest BCUT2D eigenvalue weighted by Crippen LogP contribution is 2.38. The number of benzene rings is 1. The number of ether oxygens (including phenoxy) is 1. The number of halogens is 2. The third kappa shape index (κ3) is 4.96. The van der Waals surface area contributed by atoms with Gasteiger partial charge in [0, 0.05) is 79.8 Å². The molecule has 6 rings (SSSR count). The van der Waals surface area contributed by atoms with Crippen molar-refractivity contribution in [3.8, 4) is 0 Å². The summed E-state index contributed by atoms with van der Waals surface area (Å²) in [5, 5.41) is 8.46. The van der Waals surface area contributed by atoms with Gasteiger partial charge in [-0.05, 0) is 18.2 Å². The first-order valence-corrected chi connectivity index (χ1v) is 16.3. The average Bonchev–Trinajstić information content (AvgIpc) is 3.60. The van der Waals surface area contributed by atoms with Gasteiger partial charge in [0.25, 0.3) is 20.0 Å². The topological polar surface area (TPSA) is 146 Å². The van der Waals surface area contributed by atoms with Crippen LogP contribution in [-0.2, 0) is 51.0 Å². The van der Waals surface area contributed by atoms with Gasteiger partial charge in [-0.2, -0.15) is 18.4 Å². The van der Waals surface area contributed by atoms with Gasteiger partial charge in [0.1, 0.15) is 17.7 Å². The maximum absolute atomic E-state index is 14.8. The Hall–Kier alpha value is -2.76. The molecule has 0 spiro atoms. The molecule has 0 aliphatic carbocycles. The molecule has 0 saturated carbocycles. The lowest BCUT2D eigenvalue weighted by atomic mass is 9.82. The van der Waals surface area contributed by atoms with Gasteiger partial charge < -0.3 is 10.5 Å². The maximum Gasteiger partial charge on any atom is 0.250 e. The lowest BCUT2D eigenvalue weighted by molar-refractivity contribution is -0.0921. The number of nitrogens with two attached hydrogens (primary N) is 1. The van der Waals surface area contributed by atoms with Crippen LogP contribution in [0.5, 0.6) is 0 Å². The minimum absolute atomic E-state index is 0.0549. The van der Waals surface area contributed by atoms with Crippen LogP contribution in [0.3, 0.4) is 0 Å². The number of hydrogen-bond donors (Lipinski definition) is 1. The number of hydrogen-bond acceptors (Lipinski definition) is 10. The van der Waals surface area contributed by atoms with Crippen LogP contribution in [0.15, 0.2) is 30.6 Å². The Labute approximate surface area is 230 Å². The number of nitrogens with zero attached hydrogens (tertiary/aromatic N) is 6. The van der Waals surface area contributed by atoms with E-state index in [4.69, 9.17) is 10.5 Å². The highest BCUT2D eigenvalue weighted by Gasteiger charge is 2.45. The van der Waals surface area contributed by atoms with E-state index in [-0.39, 0.29) is 24.1 Å². The minimum Gasteiger partial charge on any atom is -0.370 e. The van der Waals surface area contributed by atoms with E-state index in [9.17, 15) is 25.6 Å². The summed E-state index contributed by atoms with van der Waals surface area (Å²) in [5.74, 6) is -1.46. The summed E-state index contributed by atoms with van der Waals surface area (Å²) in [4.78, 5) is 4.22. The predicted octanol–water partition coefficient (Wildman–Crippen LogP) is 0.388. The Morgan fingerprint density at radius 1 is 0.950 bits per heavy atom. The minimum atomic E-state index is -3.51. The van der Waals surface area contributed by atoms with E-state index >= 15 is 0 Å². The molecule has 1 fully saturated rings. The summed E-state index contributed by atoms with van der Waals surface area (Å²) in [6, 6.07) is 2.27. The van der Waals surface area contributed by atoms with Crippen molar-refractivity contribution in [2.45, 2.75) is 44.4 Å². The Morgan fingerprint density at radius 2 is 1.57 bits per heavy atom. The SMILES string of the molecule is CS(=O)(=O)n1cc2c(n1)CN(CC1[C@H](N)[C@@H](c3cc(F)ccc3F)OC[C@@H]1N1Cc3cn(S(C)(=O)=O)nc3C1)C2. The van der Waals surface area contributed by atoms with E-state index < -0.39 is 43.8 Å². The van der Waals surface area contributed by atoms with E-state index in [0.717, 1.165) is 50.0 Å². The zero-order valence-corrected chi connectivity index (χ0v) is 23.4. The van der Waals surface area contributed by atoms with Crippen LogP contribution in [0.1, 0.15) is 34.2 Å². The zero-order valence-electron chi connectivity index (χ0n) is 21.8. The summed E-state index contributed by atoms with van der Waals surface area (Å²) < 4.78 is 84.5. The molecule has 3 aliphatic rings. The van der Waals surface area contributed by atoms with Crippen LogP contribution < -0.4 is 5.73 Å². The molecule has 12 nitrogen and oxygen atoms in total. The third-order valence-corrected chi connectivity index (χ3v) is 9.61. The van der Waals surface area contributed by atoms with Gasteiger partial charge in [0.05, 0.1) is 30.5 Å². The lowest BCUT2D eigenvalue weighted by Crippen LogP contribution is -2.58. The van der Waals surface area contributed by atoms with Gasteiger partial charge in [-0.15, -0.1) is 0 Å². The van der Waals surface area contributed by atoms with Crippen LogP contribution in [0.4, 0.5) is 8.78 Å². The fourth-order valence-electron chi connectivity index (χ4n) is 5.91. The molecule has 0 radical (unpaired) electrons. The van der Waals surface area contributed by atoms with Crippen molar-refractivity contribution in [1.82, 2.24) is 28.2 Å². The van der Waals surface area contributed by atoms with Gasteiger partial charge in [0.2, 0.25) is 0 Å². The molecule has 1 saturated heterocycles. The van der Waals surface area contributed by atoms with Crippen molar-refractivity contribution in [2.75, 3.05) is 25.7 Å². The second kappa shape index (κ2) is 9.66. The molecular formula is C24H29F2N7O5S2. The summed E-state index contributed by atoms with van der Waals surface area (Å²) in [5.41, 5.74) is 9.71. The molecule has 2 N–H and O–H groups in total. The maximum atomic E-state index is 14.8. The van der Waals surface area contributed by atoms with Crippen LogP contribution in [0.2, 0.25) is 0 Å². The second-order valence-electron chi connectivity index (χ2n) is 10.8. The Kier molecular flexibility index (Phi) is 6.62. The number of rotatable bonds is 6. The fraction of sp³-hybridized carbons (Fsp3) is 0.500. The van der Waals surface area contributed by atoms with Crippen molar-refractivity contribution in [3.05, 3.63) is 70.3 Å². The highest BCUT2D eigenvalue weighted by molar-refractivity contribution is 7.89. The number of fused-ring (bicyclic) bond motifs is 2. The lowest BCUT2D eigenvalue weighted by Gasteiger charge is -2.46. The van der Waals surface area contributed by atoms with Gasteiger partial charge in [-0.3, -0.25) is 9.80 Å². The molecule has 3 aliphatic heterocycles. The molecular weight excluding hydrogens is 568 g/mol. The standard InChI is InChI=1S/C24H29F2N7O5S2/c1-39(34,35)32-8-14-6-30(11-20(14)28-32)10-18-22(31-7-15-9-33(40(2,36)37)29-21(15)12-31)13-38-24(23(18)27)17-5-16(25)3-4-19(17)26/h3-5,8-9,18,22-24H,6-7,10-13,27H2,1-2H3/t18?,22-,23-,24+/m0/s1. The Morgan fingerprint density at radius 3 is 2.17 bits per heavy atom. The van der Waals surface area contributed by atoms with Crippen LogP contribution in [0.25, 0.3) is 0 Å². The third-order valence-electron chi connectivity index (χ3n) is 7.87. The van der Waals surface area contributed by atoms with E-state index in [1.54, 1.807) is 0 Å². The molecule has 4 atom stereocenters. The van der Waals surface area contributed by atoms with Gasteiger partial charge in [0.15, 0.2) is 0 Å². The molecule has 2 aromatic heterocycles. The first-order chi connectivity index (χ1) is 18.8. The predicted molar refractivity (Wildman–Crippen MR) is 139 cm³/mol. The summed E-state index contributed by atoms with van der Waals surface area (Å²) in [6.07, 6.45) is 4.31. The van der Waals surface area contributed by atoms with Gasteiger partial charge in [-0.1, -0.05) is 0 Å². The summed E-state index contributed by atoms with van der Waals surface area (Å²) in [7, 11) is -7.01. The van der Waals surface area contributed by atoms with Crippen LogP contribution in [0, 0.1) is 17.6 Å².